The number of H-pyrrole nitrogens is 1. The van der Waals surface area contributed by atoms with E-state index in [1.165, 1.54) is 20.1 Å². The molecule has 2 rings (SSSR count). The normalized spacial score (nSPS) is 10.1. The lowest BCUT2D eigenvalue weighted by Gasteiger charge is -2.13. The van der Waals surface area contributed by atoms with Gasteiger partial charge in [-0.15, -0.1) is 0 Å². The number of nitrogens with one attached hydrogen (secondary N) is 3. The van der Waals surface area contributed by atoms with Crippen LogP contribution in [0, 0.1) is 0 Å². The second-order valence-electron chi connectivity index (χ2n) is 5.20. The molecule has 2 aromatic rings. The molecule has 0 atom stereocenters. The van der Waals surface area contributed by atoms with Gasteiger partial charge < -0.3 is 20.4 Å². The van der Waals surface area contributed by atoms with Gasteiger partial charge in [-0.25, -0.2) is 0 Å². The van der Waals surface area contributed by atoms with Gasteiger partial charge in [-0.1, -0.05) is 6.07 Å². The third-order valence-electron chi connectivity index (χ3n) is 3.30. The van der Waals surface area contributed by atoms with E-state index < -0.39 is 0 Å². The number of hydrogen-bond acceptors (Lipinski definition) is 4. The predicted octanol–water partition coefficient (Wildman–Crippen LogP) is 1.91. The van der Waals surface area contributed by atoms with Gasteiger partial charge in [0, 0.05) is 31.7 Å². The Labute approximate surface area is 139 Å². The average molecular weight is 329 g/mol. The number of rotatable bonds is 6. The third kappa shape index (κ3) is 4.98. The fraction of sp³-hybridized carbons (Fsp3) is 0.235. The summed E-state index contributed by atoms with van der Waals surface area (Å²) in [6.07, 6.45) is 2.31. The van der Waals surface area contributed by atoms with Crippen molar-refractivity contribution in [2.45, 2.75) is 19.8 Å². The van der Waals surface area contributed by atoms with Crippen molar-refractivity contribution < 1.29 is 14.3 Å². The predicted molar refractivity (Wildman–Crippen MR) is 91.3 cm³/mol. The van der Waals surface area contributed by atoms with Crippen LogP contribution in [0.25, 0.3) is 0 Å². The highest BCUT2D eigenvalue weighted by atomic mass is 16.5. The highest BCUT2D eigenvalue weighted by Crippen LogP contribution is 2.27. The number of carbonyl (C=O) groups excluding carboxylic acids is 2. The van der Waals surface area contributed by atoms with Crippen molar-refractivity contribution in [1.29, 1.82) is 0 Å². The highest BCUT2D eigenvalue weighted by molar-refractivity contribution is 5.99. The molecule has 0 fully saturated rings. The SMILES string of the molecule is COc1ccc(NC(C)=O)c(NC(=O)CCc2ccc(=O)[nH]c2)c1. The number of benzene rings is 1. The topological polar surface area (TPSA) is 100 Å². The Morgan fingerprint density at radius 2 is 1.92 bits per heavy atom. The zero-order chi connectivity index (χ0) is 17.5. The van der Waals surface area contributed by atoms with E-state index in [4.69, 9.17) is 4.74 Å². The number of anilines is 2. The fourth-order valence-electron chi connectivity index (χ4n) is 2.12. The molecule has 0 spiro atoms. The highest BCUT2D eigenvalue weighted by Gasteiger charge is 2.10. The molecule has 7 heteroatoms. The molecule has 1 heterocycles. The first-order chi connectivity index (χ1) is 11.5. The van der Waals surface area contributed by atoms with Crippen molar-refractivity contribution in [2.75, 3.05) is 17.7 Å². The van der Waals surface area contributed by atoms with E-state index in [1.807, 2.05) is 0 Å². The maximum Gasteiger partial charge on any atom is 0.247 e. The minimum absolute atomic E-state index is 0.181. The van der Waals surface area contributed by atoms with E-state index in [9.17, 15) is 14.4 Å². The monoisotopic (exact) mass is 329 g/mol. The van der Waals surface area contributed by atoms with Crippen molar-refractivity contribution in [1.82, 2.24) is 4.98 Å². The van der Waals surface area contributed by atoms with Crippen LogP contribution in [0.1, 0.15) is 18.9 Å². The van der Waals surface area contributed by atoms with Gasteiger partial charge in [-0.3, -0.25) is 14.4 Å². The lowest BCUT2D eigenvalue weighted by Crippen LogP contribution is -2.16. The molecule has 1 aromatic carbocycles. The maximum absolute atomic E-state index is 12.2. The van der Waals surface area contributed by atoms with Crippen LogP contribution < -0.4 is 20.9 Å². The summed E-state index contributed by atoms with van der Waals surface area (Å²) in [6.45, 7) is 1.39. The molecular weight excluding hydrogens is 310 g/mol. The average Bonchev–Trinajstić information content (AvgIpc) is 2.55. The van der Waals surface area contributed by atoms with Crippen molar-refractivity contribution in [3.05, 3.63) is 52.4 Å². The van der Waals surface area contributed by atoms with Crippen LogP contribution in [0.5, 0.6) is 5.75 Å². The summed E-state index contributed by atoms with van der Waals surface area (Å²) in [5.74, 6) is 0.130. The van der Waals surface area contributed by atoms with E-state index in [1.54, 1.807) is 30.5 Å². The summed E-state index contributed by atoms with van der Waals surface area (Å²) in [4.78, 5) is 37.0. The van der Waals surface area contributed by atoms with Gasteiger partial charge in [0.2, 0.25) is 17.4 Å². The Balaban J connectivity index is 2.05. The number of pyridine rings is 1. The van der Waals surface area contributed by atoms with Crippen LogP contribution in [0.4, 0.5) is 11.4 Å². The first kappa shape index (κ1) is 17.3. The third-order valence-corrected chi connectivity index (χ3v) is 3.30. The molecule has 1 aromatic heterocycles. The number of hydrogen-bond donors (Lipinski definition) is 3. The maximum atomic E-state index is 12.2. The Morgan fingerprint density at radius 1 is 1.12 bits per heavy atom. The van der Waals surface area contributed by atoms with Crippen molar-refractivity contribution >= 4 is 23.2 Å². The van der Waals surface area contributed by atoms with Gasteiger partial charge in [0.15, 0.2) is 0 Å². The molecule has 126 valence electrons. The minimum Gasteiger partial charge on any atom is -0.497 e. The Hall–Kier alpha value is -3.09. The number of carbonyl (C=O) groups is 2. The Bertz CT molecular complexity index is 778. The summed E-state index contributed by atoms with van der Waals surface area (Å²) in [6, 6.07) is 8.10. The van der Waals surface area contributed by atoms with Crippen LogP contribution in [-0.4, -0.2) is 23.9 Å². The molecule has 0 unspecified atom stereocenters. The van der Waals surface area contributed by atoms with E-state index in [2.05, 4.69) is 15.6 Å². The molecule has 0 aliphatic carbocycles. The Morgan fingerprint density at radius 3 is 2.54 bits per heavy atom. The summed E-state index contributed by atoms with van der Waals surface area (Å²) in [5, 5.41) is 5.43. The van der Waals surface area contributed by atoms with Crippen molar-refractivity contribution in [3.63, 3.8) is 0 Å². The molecule has 24 heavy (non-hydrogen) atoms. The van der Waals surface area contributed by atoms with E-state index in [0.717, 1.165) is 5.56 Å². The number of amides is 2. The zero-order valence-electron chi connectivity index (χ0n) is 13.5. The van der Waals surface area contributed by atoms with Crippen molar-refractivity contribution in [2.24, 2.45) is 0 Å². The van der Waals surface area contributed by atoms with E-state index in [0.29, 0.717) is 23.5 Å². The van der Waals surface area contributed by atoms with Crippen LogP contribution in [0.3, 0.4) is 0 Å². The summed E-state index contributed by atoms with van der Waals surface area (Å²) >= 11 is 0. The lowest BCUT2D eigenvalue weighted by atomic mass is 10.1. The molecule has 0 saturated carbocycles. The van der Waals surface area contributed by atoms with E-state index in [-0.39, 0.29) is 23.8 Å². The first-order valence-electron chi connectivity index (χ1n) is 7.41. The van der Waals surface area contributed by atoms with Crippen molar-refractivity contribution in [3.8, 4) is 5.75 Å². The Kier molecular flexibility index (Phi) is 5.73. The number of aryl methyl sites for hydroxylation is 1. The number of aromatic amines is 1. The summed E-state index contributed by atoms with van der Waals surface area (Å²) in [7, 11) is 1.52. The standard InChI is InChI=1S/C17H19N3O4/c1-11(21)19-14-6-5-13(24-2)9-15(14)20-17(23)8-4-12-3-7-16(22)18-10-12/h3,5-7,9-10H,4,8H2,1-2H3,(H,18,22)(H,19,21)(H,20,23). The summed E-state index contributed by atoms with van der Waals surface area (Å²) < 4.78 is 5.14. The molecule has 0 aliphatic heterocycles. The molecule has 0 saturated heterocycles. The van der Waals surface area contributed by atoms with Gasteiger partial charge in [-0.2, -0.15) is 0 Å². The molecule has 0 radical (unpaired) electrons. The lowest BCUT2D eigenvalue weighted by molar-refractivity contribution is -0.116. The number of ether oxygens (including phenoxy) is 1. The fourth-order valence-corrected chi connectivity index (χ4v) is 2.12. The molecule has 3 N–H and O–H groups in total. The first-order valence-corrected chi connectivity index (χ1v) is 7.41. The second-order valence-corrected chi connectivity index (χ2v) is 5.20. The largest absolute Gasteiger partial charge is 0.497 e. The number of methoxy groups -OCH3 is 1. The minimum atomic E-state index is -0.232. The van der Waals surface area contributed by atoms with E-state index >= 15 is 0 Å². The zero-order valence-corrected chi connectivity index (χ0v) is 13.5. The van der Waals surface area contributed by atoms with Gasteiger partial charge >= 0.3 is 0 Å². The van der Waals surface area contributed by atoms with Crippen LogP contribution in [-0.2, 0) is 16.0 Å². The molecule has 0 bridgehead atoms. The molecule has 2 amide bonds. The van der Waals surface area contributed by atoms with Gasteiger partial charge in [0.05, 0.1) is 18.5 Å². The quantitative estimate of drug-likeness (QED) is 0.753. The smallest absolute Gasteiger partial charge is 0.247 e. The molecular formula is C17H19N3O4. The molecule has 0 aliphatic rings. The van der Waals surface area contributed by atoms with Crippen LogP contribution in [0.2, 0.25) is 0 Å². The summed E-state index contributed by atoms with van der Waals surface area (Å²) in [5.41, 5.74) is 1.65. The van der Waals surface area contributed by atoms with Gasteiger partial charge in [-0.05, 0) is 24.1 Å². The second kappa shape index (κ2) is 7.96. The number of aromatic nitrogens is 1. The van der Waals surface area contributed by atoms with Gasteiger partial charge in [0.25, 0.3) is 0 Å². The van der Waals surface area contributed by atoms with Crippen LogP contribution in [0.15, 0.2) is 41.3 Å². The van der Waals surface area contributed by atoms with Crippen LogP contribution >= 0.6 is 0 Å². The molecule has 7 nitrogen and oxygen atoms in total. The van der Waals surface area contributed by atoms with Gasteiger partial charge in [0.1, 0.15) is 5.75 Å².